The van der Waals surface area contributed by atoms with Gasteiger partial charge in [0, 0.05) is 18.3 Å². The fourth-order valence-electron chi connectivity index (χ4n) is 3.75. The number of aromatic nitrogens is 4. The van der Waals surface area contributed by atoms with Crippen LogP contribution in [0.15, 0.2) is 12.4 Å². The average Bonchev–Trinajstić information content (AvgIpc) is 2.99. The molecule has 2 unspecified atom stereocenters. The molecule has 2 aromatic rings. The van der Waals surface area contributed by atoms with Gasteiger partial charge >= 0.3 is 0 Å². The SMILES string of the molecule is CCc1nccn2c(C3C4CCCC[C@H]43)nnc12. The van der Waals surface area contributed by atoms with Crippen LogP contribution in [-0.4, -0.2) is 19.6 Å². The van der Waals surface area contributed by atoms with E-state index >= 15 is 0 Å². The van der Waals surface area contributed by atoms with E-state index in [1.54, 1.807) is 0 Å². The minimum atomic E-state index is 0.662. The molecule has 4 nitrogen and oxygen atoms in total. The summed E-state index contributed by atoms with van der Waals surface area (Å²) in [5.74, 6) is 3.60. The maximum absolute atomic E-state index is 4.46. The third kappa shape index (κ3) is 1.35. The standard InChI is InChI=1S/C14H18N4/c1-2-11-13-16-17-14(18(13)8-7-15-11)12-9-5-3-4-6-10(9)12/h7-10,12H,2-6H2,1H3/t9-,10?,12?/m1/s1. The number of hydrogen-bond donors (Lipinski definition) is 0. The van der Waals surface area contributed by atoms with Gasteiger partial charge in [-0.05, 0) is 31.1 Å². The Hall–Kier alpha value is -1.45. The lowest BCUT2D eigenvalue weighted by Gasteiger charge is -2.04. The minimum Gasteiger partial charge on any atom is -0.283 e. The van der Waals surface area contributed by atoms with Crippen LogP contribution in [0.5, 0.6) is 0 Å². The van der Waals surface area contributed by atoms with Crippen LogP contribution in [0.3, 0.4) is 0 Å². The molecule has 2 heterocycles. The van der Waals surface area contributed by atoms with Crippen molar-refractivity contribution in [2.75, 3.05) is 0 Å². The number of fused-ring (bicyclic) bond motifs is 2. The Morgan fingerprint density at radius 2 is 2.00 bits per heavy atom. The van der Waals surface area contributed by atoms with Gasteiger partial charge in [-0.1, -0.05) is 19.8 Å². The summed E-state index contributed by atoms with van der Waals surface area (Å²) in [6.45, 7) is 2.12. The summed E-state index contributed by atoms with van der Waals surface area (Å²) in [4.78, 5) is 4.39. The van der Waals surface area contributed by atoms with E-state index < -0.39 is 0 Å². The van der Waals surface area contributed by atoms with E-state index in [-0.39, 0.29) is 0 Å². The Kier molecular flexibility index (Phi) is 2.19. The molecule has 4 heteroatoms. The van der Waals surface area contributed by atoms with Crippen molar-refractivity contribution < 1.29 is 0 Å². The molecule has 0 N–H and O–H groups in total. The molecular formula is C14H18N4. The van der Waals surface area contributed by atoms with Gasteiger partial charge in [-0.2, -0.15) is 0 Å². The molecule has 2 fully saturated rings. The maximum Gasteiger partial charge on any atom is 0.182 e. The third-order valence-electron chi connectivity index (χ3n) is 4.72. The highest BCUT2D eigenvalue weighted by molar-refractivity contribution is 5.44. The van der Waals surface area contributed by atoms with Gasteiger partial charge < -0.3 is 0 Å². The van der Waals surface area contributed by atoms with Crippen molar-refractivity contribution >= 4 is 5.65 Å². The van der Waals surface area contributed by atoms with E-state index in [0.29, 0.717) is 5.92 Å². The summed E-state index contributed by atoms with van der Waals surface area (Å²) in [6.07, 6.45) is 10.4. The van der Waals surface area contributed by atoms with Crippen LogP contribution in [0.2, 0.25) is 0 Å². The number of nitrogens with zero attached hydrogens (tertiary/aromatic N) is 4. The van der Waals surface area contributed by atoms with Crippen LogP contribution in [0.1, 0.15) is 50.0 Å². The Balaban J connectivity index is 1.78. The highest BCUT2D eigenvalue weighted by atomic mass is 15.3. The highest BCUT2D eigenvalue weighted by Crippen LogP contribution is 2.60. The first-order valence-electron chi connectivity index (χ1n) is 7.08. The molecule has 2 saturated carbocycles. The summed E-state index contributed by atoms with van der Waals surface area (Å²) in [7, 11) is 0. The van der Waals surface area contributed by atoms with Gasteiger partial charge in [0.25, 0.3) is 0 Å². The Labute approximate surface area is 106 Å². The highest BCUT2D eigenvalue weighted by Gasteiger charge is 2.53. The van der Waals surface area contributed by atoms with Crippen LogP contribution in [0.25, 0.3) is 5.65 Å². The van der Waals surface area contributed by atoms with Crippen molar-refractivity contribution in [2.45, 2.75) is 44.9 Å². The number of hydrogen-bond acceptors (Lipinski definition) is 3. The van der Waals surface area contributed by atoms with E-state index in [1.165, 1.54) is 31.5 Å². The predicted molar refractivity (Wildman–Crippen MR) is 68.3 cm³/mol. The van der Waals surface area contributed by atoms with Crippen molar-refractivity contribution in [1.29, 1.82) is 0 Å². The fraction of sp³-hybridized carbons (Fsp3) is 0.643. The summed E-state index contributed by atoms with van der Waals surface area (Å²) in [5, 5.41) is 8.82. The lowest BCUT2D eigenvalue weighted by atomic mass is 10.0. The lowest BCUT2D eigenvalue weighted by Crippen LogP contribution is -1.98. The number of rotatable bonds is 2. The van der Waals surface area contributed by atoms with E-state index in [1.807, 2.05) is 12.4 Å². The summed E-state index contributed by atoms with van der Waals surface area (Å²) in [6, 6.07) is 0. The van der Waals surface area contributed by atoms with Crippen LogP contribution < -0.4 is 0 Å². The second-order valence-electron chi connectivity index (χ2n) is 5.62. The molecule has 0 radical (unpaired) electrons. The molecule has 2 aliphatic carbocycles. The zero-order valence-electron chi connectivity index (χ0n) is 10.7. The summed E-state index contributed by atoms with van der Waals surface area (Å²) in [5.41, 5.74) is 2.01. The van der Waals surface area contributed by atoms with E-state index in [2.05, 4.69) is 26.5 Å². The topological polar surface area (TPSA) is 43.1 Å². The molecule has 2 aromatic heterocycles. The zero-order chi connectivity index (χ0) is 12.1. The first-order chi connectivity index (χ1) is 8.90. The Morgan fingerprint density at radius 1 is 1.22 bits per heavy atom. The predicted octanol–water partition coefficient (Wildman–Crippen LogP) is 2.59. The fourth-order valence-corrected chi connectivity index (χ4v) is 3.75. The second kappa shape index (κ2) is 3.77. The molecule has 0 spiro atoms. The van der Waals surface area contributed by atoms with Crippen molar-refractivity contribution in [3.63, 3.8) is 0 Å². The van der Waals surface area contributed by atoms with Gasteiger partial charge in [0.15, 0.2) is 5.65 Å². The monoisotopic (exact) mass is 242 g/mol. The van der Waals surface area contributed by atoms with Gasteiger partial charge in [-0.3, -0.25) is 9.38 Å². The second-order valence-corrected chi connectivity index (χ2v) is 5.62. The molecule has 2 aliphatic rings. The summed E-state index contributed by atoms with van der Waals surface area (Å²) < 4.78 is 2.18. The molecule has 0 saturated heterocycles. The molecular weight excluding hydrogens is 224 g/mol. The first-order valence-corrected chi connectivity index (χ1v) is 7.08. The van der Waals surface area contributed by atoms with Gasteiger partial charge in [0.2, 0.25) is 0 Å². The molecule has 3 atom stereocenters. The smallest absolute Gasteiger partial charge is 0.182 e. The maximum atomic E-state index is 4.46. The van der Waals surface area contributed by atoms with Gasteiger partial charge in [0.1, 0.15) is 5.82 Å². The van der Waals surface area contributed by atoms with Crippen LogP contribution in [0, 0.1) is 11.8 Å². The minimum absolute atomic E-state index is 0.662. The van der Waals surface area contributed by atoms with Crippen LogP contribution in [0.4, 0.5) is 0 Å². The lowest BCUT2D eigenvalue weighted by molar-refractivity contribution is 0.480. The van der Waals surface area contributed by atoms with Crippen LogP contribution in [-0.2, 0) is 6.42 Å². The molecule has 0 aromatic carbocycles. The first kappa shape index (κ1) is 10.5. The van der Waals surface area contributed by atoms with Gasteiger partial charge in [-0.15, -0.1) is 10.2 Å². The zero-order valence-corrected chi connectivity index (χ0v) is 10.7. The van der Waals surface area contributed by atoms with E-state index in [4.69, 9.17) is 0 Å². The summed E-state index contributed by atoms with van der Waals surface area (Å²) >= 11 is 0. The van der Waals surface area contributed by atoms with Gasteiger partial charge in [-0.25, -0.2) is 0 Å². The molecule has 0 aliphatic heterocycles. The third-order valence-corrected chi connectivity index (χ3v) is 4.72. The van der Waals surface area contributed by atoms with Crippen molar-refractivity contribution in [2.24, 2.45) is 11.8 Å². The Bertz CT molecular complexity index is 576. The molecule has 0 bridgehead atoms. The van der Waals surface area contributed by atoms with Gasteiger partial charge in [0.05, 0.1) is 5.69 Å². The number of aryl methyl sites for hydroxylation is 1. The molecule has 18 heavy (non-hydrogen) atoms. The largest absolute Gasteiger partial charge is 0.283 e. The quantitative estimate of drug-likeness (QED) is 0.813. The van der Waals surface area contributed by atoms with Crippen molar-refractivity contribution in [1.82, 2.24) is 19.6 Å². The molecule has 0 amide bonds. The van der Waals surface area contributed by atoms with E-state index in [0.717, 1.165) is 29.6 Å². The normalized spacial score (nSPS) is 30.4. The molecule has 94 valence electrons. The van der Waals surface area contributed by atoms with Crippen LogP contribution >= 0.6 is 0 Å². The van der Waals surface area contributed by atoms with Crippen molar-refractivity contribution in [3.8, 4) is 0 Å². The average molecular weight is 242 g/mol. The van der Waals surface area contributed by atoms with Crippen molar-refractivity contribution in [3.05, 3.63) is 23.9 Å². The Morgan fingerprint density at radius 3 is 2.72 bits per heavy atom. The van der Waals surface area contributed by atoms with E-state index in [9.17, 15) is 0 Å². The molecule has 4 rings (SSSR count).